The lowest BCUT2D eigenvalue weighted by molar-refractivity contribution is 0.0920. The Morgan fingerprint density at radius 3 is 2.71 bits per heavy atom. The van der Waals surface area contributed by atoms with Gasteiger partial charge in [-0.15, -0.1) is 0 Å². The molecule has 1 N–H and O–H groups in total. The van der Waals surface area contributed by atoms with Crippen LogP contribution in [0.15, 0.2) is 16.7 Å². The molecule has 1 aromatic rings. The third-order valence-corrected chi connectivity index (χ3v) is 3.29. The Labute approximate surface area is 92.0 Å². The maximum Gasteiger partial charge on any atom is 0.255 e. The number of carbonyl (C=O) groups is 1. The van der Waals surface area contributed by atoms with E-state index < -0.39 is 0 Å². The first-order chi connectivity index (χ1) is 6.46. The van der Waals surface area contributed by atoms with Gasteiger partial charge in [-0.05, 0) is 26.8 Å². The smallest absolute Gasteiger partial charge is 0.255 e. The third kappa shape index (κ3) is 2.61. The minimum Gasteiger partial charge on any atom is -0.469 e. The number of furan rings is 1. The summed E-state index contributed by atoms with van der Waals surface area (Å²) >= 11 is 3.34. The van der Waals surface area contributed by atoms with Crippen molar-refractivity contribution in [1.29, 1.82) is 0 Å². The van der Waals surface area contributed by atoms with Crippen molar-refractivity contribution in [2.24, 2.45) is 0 Å². The Balaban J connectivity index is 2.73. The second kappa shape index (κ2) is 4.17. The number of alkyl halides is 1. The van der Waals surface area contributed by atoms with Crippen molar-refractivity contribution in [3.05, 3.63) is 23.7 Å². The fourth-order valence-electron chi connectivity index (χ4n) is 1.03. The molecule has 78 valence electrons. The molecule has 0 aliphatic carbocycles. The van der Waals surface area contributed by atoms with E-state index in [1.54, 1.807) is 13.0 Å². The Hall–Kier alpha value is -0.770. The molecule has 4 heteroatoms. The summed E-state index contributed by atoms with van der Waals surface area (Å²) in [7, 11) is 0. The number of aryl methyl sites for hydroxylation is 1. The Morgan fingerprint density at radius 1 is 1.64 bits per heavy atom. The van der Waals surface area contributed by atoms with Gasteiger partial charge < -0.3 is 9.73 Å². The van der Waals surface area contributed by atoms with E-state index in [2.05, 4.69) is 21.2 Å². The maximum atomic E-state index is 11.7. The molecular formula is C10H14BrNO2. The molecule has 0 bridgehead atoms. The summed E-state index contributed by atoms with van der Waals surface area (Å²) in [5.41, 5.74) is 0.347. The molecule has 0 aliphatic rings. The van der Waals surface area contributed by atoms with Crippen molar-refractivity contribution in [2.75, 3.05) is 5.33 Å². The van der Waals surface area contributed by atoms with Gasteiger partial charge >= 0.3 is 0 Å². The van der Waals surface area contributed by atoms with Crippen LogP contribution in [0.25, 0.3) is 0 Å². The van der Waals surface area contributed by atoms with Gasteiger partial charge in [0.25, 0.3) is 5.91 Å². The average Bonchev–Trinajstić information content (AvgIpc) is 2.51. The minimum absolute atomic E-state index is 0.0966. The largest absolute Gasteiger partial charge is 0.469 e. The monoisotopic (exact) mass is 259 g/mol. The number of hydrogen-bond donors (Lipinski definition) is 1. The first-order valence-electron chi connectivity index (χ1n) is 4.39. The number of rotatable bonds is 3. The van der Waals surface area contributed by atoms with E-state index in [-0.39, 0.29) is 11.4 Å². The summed E-state index contributed by atoms with van der Waals surface area (Å²) < 4.78 is 5.06. The molecule has 0 radical (unpaired) electrons. The number of halogens is 1. The highest BCUT2D eigenvalue weighted by atomic mass is 79.9. The second-order valence-electron chi connectivity index (χ2n) is 3.86. The van der Waals surface area contributed by atoms with Gasteiger partial charge in [-0.2, -0.15) is 0 Å². The normalized spacial score (nSPS) is 11.4. The standard InChI is InChI=1S/C10H14BrNO2/c1-7-8(4-5-14-7)9(13)12-10(2,3)6-11/h4-5H,6H2,1-3H3,(H,12,13). The third-order valence-electron chi connectivity index (χ3n) is 1.89. The van der Waals surface area contributed by atoms with E-state index in [1.807, 2.05) is 13.8 Å². The molecule has 1 amide bonds. The minimum atomic E-state index is -0.249. The number of carbonyl (C=O) groups excluding carboxylic acids is 1. The number of hydrogen-bond acceptors (Lipinski definition) is 2. The van der Waals surface area contributed by atoms with Crippen LogP contribution in [0.4, 0.5) is 0 Å². The molecule has 0 spiro atoms. The summed E-state index contributed by atoms with van der Waals surface area (Å²) in [5.74, 6) is 0.550. The van der Waals surface area contributed by atoms with Crippen molar-refractivity contribution in [3.63, 3.8) is 0 Å². The van der Waals surface area contributed by atoms with Gasteiger partial charge in [0.2, 0.25) is 0 Å². The SMILES string of the molecule is Cc1occc1C(=O)NC(C)(C)CBr. The predicted molar refractivity (Wildman–Crippen MR) is 58.8 cm³/mol. The van der Waals surface area contributed by atoms with Crippen LogP contribution < -0.4 is 5.32 Å². The zero-order valence-electron chi connectivity index (χ0n) is 8.56. The van der Waals surface area contributed by atoms with Crippen molar-refractivity contribution in [3.8, 4) is 0 Å². The molecule has 0 saturated carbocycles. The van der Waals surface area contributed by atoms with Crippen molar-refractivity contribution < 1.29 is 9.21 Å². The fraction of sp³-hybridized carbons (Fsp3) is 0.500. The summed E-state index contributed by atoms with van der Waals surface area (Å²) in [4.78, 5) is 11.7. The average molecular weight is 260 g/mol. The van der Waals surface area contributed by atoms with Crippen LogP contribution in [-0.4, -0.2) is 16.8 Å². The van der Waals surface area contributed by atoms with Crippen LogP contribution in [-0.2, 0) is 0 Å². The van der Waals surface area contributed by atoms with Crippen LogP contribution in [0.3, 0.4) is 0 Å². The van der Waals surface area contributed by atoms with Gasteiger partial charge in [0.15, 0.2) is 0 Å². The molecule has 0 fully saturated rings. The van der Waals surface area contributed by atoms with E-state index in [9.17, 15) is 4.79 Å². The van der Waals surface area contributed by atoms with Crippen molar-refractivity contribution in [2.45, 2.75) is 26.3 Å². The van der Waals surface area contributed by atoms with Crippen molar-refractivity contribution in [1.82, 2.24) is 5.32 Å². The zero-order valence-corrected chi connectivity index (χ0v) is 10.1. The first-order valence-corrected chi connectivity index (χ1v) is 5.51. The fourth-order valence-corrected chi connectivity index (χ4v) is 1.17. The van der Waals surface area contributed by atoms with E-state index in [0.29, 0.717) is 16.7 Å². The van der Waals surface area contributed by atoms with Gasteiger partial charge in [-0.1, -0.05) is 15.9 Å². The van der Waals surface area contributed by atoms with Crippen LogP contribution >= 0.6 is 15.9 Å². The van der Waals surface area contributed by atoms with Crippen LogP contribution in [0.2, 0.25) is 0 Å². The highest BCUT2D eigenvalue weighted by Gasteiger charge is 2.21. The summed E-state index contributed by atoms with van der Waals surface area (Å²) in [6, 6.07) is 1.68. The van der Waals surface area contributed by atoms with Crippen LogP contribution in [0.5, 0.6) is 0 Å². The second-order valence-corrected chi connectivity index (χ2v) is 4.42. The van der Waals surface area contributed by atoms with Crippen molar-refractivity contribution >= 4 is 21.8 Å². The first kappa shape index (κ1) is 11.3. The van der Waals surface area contributed by atoms with Gasteiger partial charge in [-0.3, -0.25) is 4.79 Å². The van der Waals surface area contributed by atoms with Crippen LogP contribution in [0, 0.1) is 6.92 Å². The quantitative estimate of drug-likeness (QED) is 0.848. The Morgan fingerprint density at radius 2 is 2.29 bits per heavy atom. The molecule has 3 nitrogen and oxygen atoms in total. The summed E-state index contributed by atoms with van der Waals surface area (Å²) in [6.45, 7) is 5.68. The lowest BCUT2D eigenvalue weighted by Crippen LogP contribution is -2.44. The van der Waals surface area contributed by atoms with Crippen LogP contribution in [0.1, 0.15) is 30.0 Å². The maximum absolute atomic E-state index is 11.7. The molecular weight excluding hydrogens is 246 g/mol. The highest BCUT2D eigenvalue weighted by Crippen LogP contribution is 2.12. The topological polar surface area (TPSA) is 42.2 Å². The van der Waals surface area contributed by atoms with E-state index in [4.69, 9.17) is 4.42 Å². The van der Waals surface area contributed by atoms with E-state index in [0.717, 1.165) is 0 Å². The molecule has 0 aromatic carbocycles. The molecule has 1 rings (SSSR count). The Kier molecular flexibility index (Phi) is 3.37. The van der Waals surface area contributed by atoms with Gasteiger partial charge in [0, 0.05) is 10.9 Å². The lowest BCUT2D eigenvalue weighted by atomic mass is 10.1. The predicted octanol–water partition coefficient (Wildman–Crippen LogP) is 2.49. The molecule has 0 saturated heterocycles. The highest BCUT2D eigenvalue weighted by molar-refractivity contribution is 9.09. The van der Waals surface area contributed by atoms with Gasteiger partial charge in [0.05, 0.1) is 11.8 Å². The van der Waals surface area contributed by atoms with Gasteiger partial charge in [-0.25, -0.2) is 0 Å². The molecule has 14 heavy (non-hydrogen) atoms. The summed E-state index contributed by atoms with van der Waals surface area (Å²) in [5, 5.41) is 3.61. The number of nitrogens with one attached hydrogen (secondary N) is 1. The molecule has 1 heterocycles. The Bertz CT molecular complexity index is 331. The number of amides is 1. The zero-order chi connectivity index (χ0) is 10.8. The molecule has 0 atom stereocenters. The lowest BCUT2D eigenvalue weighted by Gasteiger charge is -2.23. The van der Waals surface area contributed by atoms with Gasteiger partial charge in [0.1, 0.15) is 5.76 Å². The van der Waals surface area contributed by atoms with E-state index >= 15 is 0 Å². The molecule has 0 aliphatic heterocycles. The molecule has 0 unspecified atom stereocenters. The molecule has 1 aromatic heterocycles. The summed E-state index contributed by atoms with van der Waals surface area (Å²) in [6.07, 6.45) is 1.52. The van der Waals surface area contributed by atoms with E-state index in [1.165, 1.54) is 6.26 Å².